The fraction of sp³-hybridized carbons (Fsp3) is 0.0769. The lowest BCUT2D eigenvalue weighted by Gasteiger charge is -2.05. The molecular weight excluding hydrogens is 288 g/mol. The highest BCUT2D eigenvalue weighted by Gasteiger charge is 2.19. The highest BCUT2D eigenvalue weighted by molar-refractivity contribution is 7.16. The summed E-state index contributed by atoms with van der Waals surface area (Å²) < 4.78 is 26.5. The molecule has 1 aromatic carbocycles. The molecule has 2 N–H and O–H groups in total. The molecular formula is C13H9F2NO3S. The number of benzene rings is 1. The lowest BCUT2D eigenvalue weighted by atomic mass is 10.2. The molecule has 0 saturated heterocycles. The van der Waals surface area contributed by atoms with E-state index >= 15 is 0 Å². The number of carbonyl (C=O) groups excluding carboxylic acids is 1. The highest BCUT2D eigenvalue weighted by Crippen LogP contribution is 2.28. The number of hydrogen-bond donors (Lipinski definition) is 2. The first kappa shape index (κ1) is 14.1. The van der Waals surface area contributed by atoms with Crippen LogP contribution in [0.4, 0.5) is 13.8 Å². The lowest BCUT2D eigenvalue weighted by molar-refractivity contribution is 0.0698. The number of hydrogen-bond acceptors (Lipinski definition) is 3. The normalized spacial score (nSPS) is 10.3. The summed E-state index contributed by atoms with van der Waals surface area (Å²) in [7, 11) is 0. The molecule has 0 spiro atoms. The summed E-state index contributed by atoms with van der Waals surface area (Å²) in [6.07, 6.45) is 0. The van der Waals surface area contributed by atoms with Crippen molar-refractivity contribution in [2.45, 2.75) is 6.92 Å². The van der Waals surface area contributed by atoms with Crippen LogP contribution in [0.3, 0.4) is 0 Å². The Labute approximate surface area is 116 Å². The van der Waals surface area contributed by atoms with Crippen molar-refractivity contribution in [3.63, 3.8) is 0 Å². The van der Waals surface area contributed by atoms with Crippen LogP contribution in [0.1, 0.15) is 25.6 Å². The predicted molar refractivity (Wildman–Crippen MR) is 70.3 cm³/mol. The second-order valence-corrected chi connectivity index (χ2v) is 5.22. The molecule has 0 aliphatic rings. The molecule has 0 saturated carbocycles. The van der Waals surface area contributed by atoms with Crippen molar-refractivity contribution in [2.24, 2.45) is 0 Å². The molecule has 2 aromatic rings. The van der Waals surface area contributed by atoms with Crippen LogP contribution in [0.15, 0.2) is 24.3 Å². The fourth-order valence-electron chi connectivity index (χ4n) is 1.62. The van der Waals surface area contributed by atoms with E-state index in [4.69, 9.17) is 5.11 Å². The Kier molecular flexibility index (Phi) is 3.80. The van der Waals surface area contributed by atoms with Crippen LogP contribution < -0.4 is 5.32 Å². The number of carbonyl (C=O) groups is 2. The monoisotopic (exact) mass is 297 g/mol. The van der Waals surface area contributed by atoms with Crippen LogP contribution in [-0.4, -0.2) is 17.0 Å². The minimum Gasteiger partial charge on any atom is -0.478 e. The Morgan fingerprint density at radius 1 is 1.25 bits per heavy atom. The van der Waals surface area contributed by atoms with Crippen molar-refractivity contribution in [3.05, 3.63) is 51.9 Å². The maximum absolute atomic E-state index is 13.5. The molecule has 0 atom stereocenters. The van der Waals surface area contributed by atoms with Crippen molar-refractivity contribution in [1.29, 1.82) is 0 Å². The van der Waals surface area contributed by atoms with Crippen LogP contribution in [0.5, 0.6) is 0 Å². The van der Waals surface area contributed by atoms with Gasteiger partial charge < -0.3 is 10.4 Å². The first-order valence-corrected chi connectivity index (χ1v) is 6.31. The third-order valence-corrected chi connectivity index (χ3v) is 3.47. The molecule has 0 unspecified atom stereocenters. The SMILES string of the molecule is Cc1cc(C(=O)O)c(NC(=O)c2cccc(F)c2F)s1. The zero-order chi connectivity index (χ0) is 14.9. The average Bonchev–Trinajstić information content (AvgIpc) is 2.73. The van der Waals surface area contributed by atoms with Gasteiger partial charge in [0.05, 0.1) is 11.1 Å². The molecule has 7 heteroatoms. The molecule has 0 bridgehead atoms. The van der Waals surface area contributed by atoms with Gasteiger partial charge in [-0.1, -0.05) is 6.07 Å². The van der Waals surface area contributed by atoms with Gasteiger partial charge in [0.1, 0.15) is 5.00 Å². The molecule has 0 aliphatic heterocycles. The van der Waals surface area contributed by atoms with Crippen molar-refractivity contribution < 1.29 is 23.5 Å². The van der Waals surface area contributed by atoms with Gasteiger partial charge in [0, 0.05) is 4.88 Å². The molecule has 0 fully saturated rings. The second-order valence-electron chi connectivity index (χ2n) is 3.96. The topological polar surface area (TPSA) is 66.4 Å². The van der Waals surface area contributed by atoms with Crippen LogP contribution >= 0.6 is 11.3 Å². The van der Waals surface area contributed by atoms with Gasteiger partial charge in [-0.05, 0) is 25.1 Å². The summed E-state index contributed by atoms with van der Waals surface area (Å²) in [5.74, 6) is -4.51. The zero-order valence-electron chi connectivity index (χ0n) is 10.2. The van der Waals surface area contributed by atoms with Gasteiger partial charge in [-0.15, -0.1) is 11.3 Å². The zero-order valence-corrected chi connectivity index (χ0v) is 11.1. The maximum atomic E-state index is 13.5. The van der Waals surface area contributed by atoms with E-state index in [-0.39, 0.29) is 10.6 Å². The number of carboxylic acid groups (broad SMARTS) is 1. The van der Waals surface area contributed by atoms with Crippen LogP contribution in [0.25, 0.3) is 0 Å². The summed E-state index contributed by atoms with van der Waals surface area (Å²) in [6.45, 7) is 1.68. The van der Waals surface area contributed by atoms with Crippen molar-refractivity contribution in [1.82, 2.24) is 0 Å². The number of thiophene rings is 1. The van der Waals surface area contributed by atoms with E-state index in [1.54, 1.807) is 6.92 Å². The van der Waals surface area contributed by atoms with E-state index in [2.05, 4.69) is 5.32 Å². The number of carboxylic acids is 1. The van der Waals surface area contributed by atoms with Crippen LogP contribution in [0, 0.1) is 18.6 Å². The van der Waals surface area contributed by atoms with Gasteiger partial charge in [0.2, 0.25) is 0 Å². The van der Waals surface area contributed by atoms with Gasteiger partial charge in [-0.3, -0.25) is 4.79 Å². The minimum absolute atomic E-state index is 0.0855. The molecule has 2 rings (SSSR count). The van der Waals surface area contributed by atoms with E-state index in [1.165, 1.54) is 12.1 Å². The minimum atomic E-state index is -1.27. The number of aromatic carboxylic acids is 1. The first-order valence-electron chi connectivity index (χ1n) is 5.49. The highest BCUT2D eigenvalue weighted by atomic mass is 32.1. The average molecular weight is 297 g/mol. The molecule has 104 valence electrons. The maximum Gasteiger partial charge on any atom is 0.338 e. The Bertz CT molecular complexity index is 697. The number of anilines is 1. The molecule has 1 aromatic heterocycles. The summed E-state index contributed by atoms with van der Waals surface area (Å²) >= 11 is 1.05. The quantitative estimate of drug-likeness (QED) is 0.913. The number of amides is 1. The van der Waals surface area contributed by atoms with Gasteiger partial charge in [-0.25, -0.2) is 13.6 Å². The Hall–Kier alpha value is -2.28. The van der Waals surface area contributed by atoms with E-state index in [0.29, 0.717) is 4.88 Å². The number of aryl methyl sites for hydroxylation is 1. The first-order chi connectivity index (χ1) is 9.40. The molecule has 0 aliphatic carbocycles. The summed E-state index contributed by atoms with van der Waals surface area (Å²) in [5, 5.41) is 11.4. The summed E-state index contributed by atoms with van der Waals surface area (Å²) in [6, 6.07) is 4.61. The lowest BCUT2D eigenvalue weighted by Crippen LogP contribution is -2.15. The Morgan fingerprint density at radius 3 is 2.60 bits per heavy atom. The van der Waals surface area contributed by atoms with E-state index in [0.717, 1.165) is 23.5 Å². The summed E-state index contributed by atoms with van der Waals surface area (Å²) in [4.78, 5) is 23.5. The Balaban J connectivity index is 2.33. The van der Waals surface area contributed by atoms with Crippen LogP contribution in [-0.2, 0) is 0 Å². The standard InChI is InChI=1S/C13H9F2NO3S/c1-6-5-8(13(18)19)12(20-6)16-11(17)7-3-2-4-9(14)10(7)15/h2-5H,1H3,(H,16,17)(H,18,19). The van der Waals surface area contributed by atoms with Gasteiger partial charge in [-0.2, -0.15) is 0 Å². The molecule has 1 heterocycles. The van der Waals surface area contributed by atoms with E-state index in [1.807, 2.05) is 0 Å². The van der Waals surface area contributed by atoms with Crippen molar-refractivity contribution in [2.75, 3.05) is 5.32 Å². The fourth-order valence-corrected chi connectivity index (χ4v) is 2.51. The molecule has 4 nitrogen and oxygen atoms in total. The number of rotatable bonds is 3. The van der Waals surface area contributed by atoms with Crippen LogP contribution in [0.2, 0.25) is 0 Å². The largest absolute Gasteiger partial charge is 0.478 e. The number of halogens is 2. The smallest absolute Gasteiger partial charge is 0.338 e. The van der Waals surface area contributed by atoms with Gasteiger partial charge in [0.25, 0.3) is 5.91 Å². The van der Waals surface area contributed by atoms with Crippen molar-refractivity contribution >= 4 is 28.2 Å². The van der Waals surface area contributed by atoms with Gasteiger partial charge >= 0.3 is 5.97 Å². The second kappa shape index (κ2) is 5.38. The Morgan fingerprint density at radius 2 is 1.95 bits per heavy atom. The van der Waals surface area contributed by atoms with Crippen molar-refractivity contribution in [3.8, 4) is 0 Å². The predicted octanol–water partition coefficient (Wildman–Crippen LogP) is 3.29. The van der Waals surface area contributed by atoms with E-state index in [9.17, 15) is 18.4 Å². The third kappa shape index (κ3) is 2.67. The third-order valence-electron chi connectivity index (χ3n) is 2.51. The van der Waals surface area contributed by atoms with E-state index < -0.39 is 29.1 Å². The summed E-state index contributed by atoms with van der Waals surface area (Å²) in [5.41, 5.74) is -0.565. The molecule has 0 radical (unpaired) electrons. The number of nitrogens with one attached hydrogen (secondary N) is 1. The molecule has 1 amide bonds. The van der Waals surface area contributed by atoms with Gasteiger partial charge in [0.15, 0.2) is 11.6 Å². The molecule has 20 heavy (non-hydrogen) atoms.